The number of rotatable bonds is 4. The van der Waals surface area contributed by atoms with Crippen molar-refractivity contribution < 1.29 is 4.79 Å². The summed E-state index contributed by atoms with van der Waals surface area (Å²) in [5.41, 5.74) is 1.71. The highest BCUT2D eigenvalue weighted by Gasteiger charge is 2.35. The van der Waals surface area contributed by atoms with Gasteiger partial charge in [0.05, 0.1) is 0 Å². The second kappa shape index (κ2) is 8.56. The van der Waals surface area contributed by atoms with Crippen molar-refractivity contribution in [1.82, 2.24) is 10.6 Å². The SMILES string of the molecule is Cc1cccc(NC(=S)N[C@@H](NC(=O)CC(C)(C)C)C(Cl)(Cl)Cl)c1. The fraction of sp³-hybridized carbons (Fsp3) is 0.500. The van der Waals surface area contributed by atoms with E-state index in [9.17, 15) is 4.79 Å². The number of thiocarbonyl (C=S) groups is 1. The van der Waals surface area contributed by atoms with Gasteiger partial charge in [0.2, 0.25) is 9.70 Å². The van der Waals surface area contributed by atoms with Crippen LogP contribution in [0.3, 0.4) is 0 Å². The average Bonchev–Trinajstić information content (AvgIpc) is 2.34. The lowest BCUT2D eigenvalue weighted by molar-refractivity contribution is -0.123. The number of anilines is 1. The van der Waals surface area contributed by atoms with Gasteiger partial charge in [-0.15, -0.1) is 0 Å². The Morgan fingerprint density at radius 3 is 2.33 bits per heavy atom. The third-order valence-electron chi connectivity index (χ3n) is 2.87. The van der Waals surface area contributed by atoms with Crippen LogP contribution < -0.4 is 16.0 Å². The van der Waals surface area contributed by atoms with E-state index in [4.69, 9.17) is 47.0 Å². The molecule has 1 atom stereocenters. The van der Waals surface area contributed by atoms with Crippen LogP contribution >= 0.6 is 47.0 Å². The van der Waals surface area contributed by atoms with E-state index in [0.29, 0.717) is 6.42 Å². The first kappa shape index (κ1) is 21.3. The predicted octanol–water partition coefficient (Wildman–Crippen LogP) is 4.53. The summed E-state index contributed by atoms with van der Waals surface area (Å²) in [7, 11) is 0. The Balaban J connectivity index is 2.72. The molecule has 0 aromatic heterocycles. The minimum atomic E-state index is -1.76. The second-order valence-corrected chi connectivity index (χ2v) is 9.52. The van der Waals surface area contributed by atoms with Crippen molar-refractivity contribution in [3.05, 3.63) is 29.8 Å². The van der Waals surface area contributed by atoms with Gasteiger partial charge < -0.3 is 16.0 Å². The molecular weight excluding hydrogens is 389 g/mol. The Morgan fingerprint density at radius 1 is 1.21 bits per heavy atom. The van der Waals surface area contributed by atoms with Crippen LogP contribution in [-0.4, -0.2) is 21.0 Å². The number of alkyl halides is 3. The number of carbonyl (C=O) groups excluding carboxylic acids is 1. The van der Waals surface area contributed by atoms with E-state index >= 15 is 0 Å². The Labute approximate surface area is 163 Å². The van der Waals surface area contributed by atoms with Gasteiger partial charge >= 0.3 is 0 Å². The Kier molecular flexibility index (Phi) is 7.60. The Morgan fingerprint density at radius 2 is 1.83 bits per heavy atom. The van der Waals surface area contributed by atoms with E-state index < -0.39 is 9.96 Å². The molecule has 0 radical (unpaired) electrons. The molecule has 0 spiro atoms. The van der Waals surface area contributed by atoms with E-state index in [0.717, 1.165) is 11.3 Å². The van der Waals surface area contributed by atoms with E-state index in [1.807, 2.05) is 52.0 Å². The first-order chi connectivity index (χ1) is 10.9. The number of carbonyl (C=O) groups is 1. The van der Waals surface area contributed by atoms with E-state index in [-0.39, 0.29) is 16.4 Å². The molecule has 134 valence electrons. The van der Waals surface area contributed by atoms with Crippen molar-refractivity contribution in [2.75, 3.05) is 5.32 Å². The first-order valence-corrected chi connectivity index (χ1v) is 8.91. The summed E-state index contributed by atoms with van der Waals surface area (Å²) in [5.74, 6) is -0.232. The number of halogens is 3. The van der Waals surface area contributed by atoms with Gasteiger partial charge in [-0.2, -0.15) is 0 Å². The highest BCUT2D eigenvalue weighted by Crippen LogP contribution is 2.29. The summed E-state index contributed by atoms with van der Waals surface area (Å²) < 4.78 is -1.76. The van der Waals surface area contributed by atoms with Crippen LogP contribution in [0.2, 0.25) is 0 Å². The molecule has 0 fully saturated rings. The lowest BCUT2D eigenvalue weighted by Crippen LogP contribution is -2.56. The molecule has 1 rings (SSSR count). The standard InChI is InChI=1S/C16H22Cl3N3OS/c1-10-6-5-7-11(8-10)20-14(24)22-13(16(17,18)19)21-12(23)9-15(2,3)4/h5-8,13H,9H2,1-4H3,(H,21,23)(H2,20,22,24)/t13-/m1/s1. The Hall–Kier alpha value is -0.750. The molecule has 0 aliphatic carbocycles. The summed E-state index contributed by atoms with van der Waals surface area (Å²) in [6.07, 6.45) is -0.661. The number of hydrogen-bond acceptors (Lipinski definition) is 2. The molecule has 8 heteroatoms. The number of aryl methyl sites for hydroxylation is 1. The molecule has 24 heavy (non-hydrogen) atoms. The molecule has 0 unspecified atom stereocenters. The molecule has 0 aliphatic heterocycles. The van der Waals surface area contributed by atoms with Gasteiger partial charge in [0, 0.05) is 12.1 Å². The minimum Gasteiger partial charge on any atom is -0.339 e. The second-order valence-electron chi connectivity index (χ2n) is 6.75. The maximum Gasteiger partial charge on any atom is 0.228 e. The van der Waals surface area contributed by atoms with Crippen molar-refractivity contribution in [3.63, 3.8) is 0 Å². The van der Waals surface area contributed by atoms with Crippen LogP contribution in [0.1, 0.15) is 32.8 Å². The van der Waals surface area contributed by atoms with Gasteiger partial charge in [0.25, 0.3) is 0 Å². The molecule has 0 saturated carbocycles. The van der Waals surface area contributed by atoms with Crippen LogP contribution in [0.15, 0.2) is 24.3 Å². The fourth-order valence-electron chi connectivity index (χ4n) is 1.91. The van der Waals surface area contributed by atoms with Gasteiger partial charge in [0.15, 0.2) is 5.11 Å². The summed E-state index contributed by atoms with van der Waals surface area (Å²) in [5, 5.41) is 8.75. The monoisotopic (exact) mass is 409 g/mol. The van der Waals surface area contributed by atoms with E-state index in [1.165, 1.54) is 0 Å². The van der Waals surface area contributed by atoms with Crippen LogP contribution in [-0.2, 0) is 4.79 Å². The molecule has 3 N–H and O–H groups in total. The summed E-state index contributed by atoms with van der Waals surface area (Å²) >= 11 is 23.1. The van der Waals surface area contributed by atoms with Gasteiger partial charge in [-0.25, -0.2) is 0 Å². The largest absolute Gasteiger partial charge is 0.339 e. The van der Waals surface area contributed by atoms with Gasteiger partial charge in [0.1, 0.15) is 6.17 Å². The highest BCUT2D eigenvalue weighted by atomic mass is 35.6. The molecule has 0 heterocycles. The summed E-state index contributed by atoms with van der Waals surface area (Å²) in [6, 6.07) is 7.66. The number of benzene rings is 1. The van der Waals surface area contributed by atoms with Crippen molar-refractivity contribution in [2.45, 2.75) is 44.1 Å². The zero-order valence-electron chi connectivity index (χ0n) is 14.0. The lowest BCUT2D eigenvalue weighted by atomic mass is 9.92. The number of hydrogen-bond donors (Lipinski definition) is 3. The topological polar surface area (TPSA) is 53.2 Å². The van der Waals surface area contributed by atoms with E-state index in [1.54, 1.807) is 0 Å². The maximum absolute atomic E-state index is 12.1. The van der Waals surface area contributed by atoms with Crippen molar-refractivity contribution in [3.8, 4) is 0 Å². The van der Waals surface area contributed by atoms with Gasteiger partial charge in [-0.3, -0.25) is 4.79 Å². The molecule has 1 amide bonds. The molecular formula is C16H22Cl3N3OS. The van der Waals surface area contributed by atoms with Crippen LogP contribution in [0.25, 0.3) is 0 Å². The fourth-order valence-corrected chi connectivity index (χ4v) is 2.48. The highest BCUT2D eigenvalue weighted by molar-refractivity contribution is 7.80. The molecule has 0 bridgehead atoms. The minimum absolute atomic E-state index is 0.178. The number of nitrogens with one attached hydrogen (secondary N) is 3. The maximum atomic E-state index is 12.1. The van der Waals surface area contributed by atoms with Crippen LogP contribution in [0.5, 0.6) is 0 Å². The van der Waals surface area contributed by atoms with Crippen LogP contribution in [0.4, 0.5) is 5.69 Å². The summed E-state index contributed by atoms with van der Waals surface area (Å²) in [4.78, 5) is 12.1. The van der Waals surface area contributed by atoms with Crippen molar-refractivity contribution in [1.29, 1.82) is 0 Å². The Bertz CT molecular complexity index is 597. The molecule has 0 saturated heterocycles. The first-order valence-electron chi connectivity index (χ1n) is 7.37. The average molecular weight is 411 g/mol. The third-order valence-corrected chi connectivity index (χ3v) is 3.75. The van der Waals surface area contributed by atoms with Gasteiger partial charge in [-0.05, 0) is 42.3 Å². The quantitative estimate of drug-likeness (QED) is 0.388. The van der Waals surface area contributed by atoms with Crippen LogP contribution in [0, 0.1) is 12.3 Å². The zero-order valence-corrected chi connectivity index (χ0v) is 17.1. The normalized spacial score (nSPS) is 13.1. The smallest absolute Gasteiger partial charge is 0.228 e. The third kappa shape index (κ3) is 8.38. The molecule has 0 aliphatic rings. The molecule has 1 aromatic carbocycles. The lowest BCUT2D eigenvalue weighted by Gasteiger charge is -2.29. The molecule has 1 aromatic rings. The summed E-state index contributed by atoms with van der Waals surface area (Å²) in [6.45, 7) is 7.83. The number of amides is 1. The van der Waals surface area contributed by atoms with E-state index in [2.05, 4.69) is 16.0 Å². The molecule has 4 nitrogen and oxygen atoms in total. The van der Waals surface area contributed by atoms with Crippen molar-refractivity contribution >= 4 is 63.7 Å². The predicted molar refractivity (Wildman–Crippen MR) is 107 cm³/mol. The zero-order chi connectivity index (χ0) is 18.5. The van der Waals surface area contributed by atoms with Gasteiger partial charge in [-0.1, -0.05) is 67.7 Å². The van der Waals surface area contributed by atoms with Crippen molar-refractivity contribution in [2.24, 2.45) is 5.41 Å².